The minimum atomic E-state index is -0.455. The molecule has 0 radical (unpaired) electrons. The van der Waals surface area contributed by atoms with E-state index in [1.807, 2.05) is 58.5 Å². The summed E-state index contributed by atoms with van der Waals surface area (Å²) >= 11 is 0. The van der Waals surface area contributed by atoms with E-state index in [2.05, 4.69) is 18.0 Å². The van der Waals surface area contributed by atoms with E-state index in [1.165, 1.54) is 0 Å². The second-order valence-corrected chi connectivity index (χ2v) is 9.30. The number of carbonyl (C=O) groups is 2. The van der Waals surface area contributed by atoms with Crippen molar-refractivity contribution in [1.82, 2.24) is 14.8 Å². The van der Waals surface area contributed by atoms with Gasteiger partial charge < -0.3 is 19.5 Å². The van der Waals surface area contributed by atoms with E-state index in [4.69, 9.17) is 4.74 Å². The van der Waals surface area contributed by atoms with Crippen LogP contribution in [-0.4, -0.2) is 59.9 Å². The number of carbonyl (C=O) groups excluding carboxylic acids is 2. The fraction of sp³-hybridized carbons (Fsp3) is 0.407. The van der Waals surface area contributed by atoms with E-state index in [-0.39, 0.29) is 11.8 Å². The highest BCUT2D eigenvalue weighted by molar-refractivity contribution is 6.02. The largest absolute Gasteiger partial charge is 0.383 e. The number of para-hydroxylation sites is 1. The Labute approximate surface area is 194 Å². The molecule has 33 heavy (non-hydrogen) atoms. The molecule has 1 fully saturated rings. The van der Waals surface area contributed by atoms with Gasteiger partial charge >= 0.3 is 0 Å². The third kappa shape index (κ3) is 3.82. The van der Waals surface area contributed by atoms with Gasteiger partial charge in [0, 0.05) is 55.0 Å². The summed E-state index contributed by atoms with van der Waals surface area (Å²) in [6, 6.07) is 15.3. The predicted octanol–water partition coefficient (Wildman–Crippen LogP) is 4.35. The van der Waals surface area contributed by atoms with Crippen molar-refractivity contribution in [3.8, 4) is 0 Å². The van der Waals surface area contributed by atoms with Gasteiger partial charge in [-0.3, -0.25) is 9.59 Å². The Morgan fingerprint density at radius 3 is 2.58 bits per heavy atom. The van der Waals surface area contributed by atoms with Crippen LogP contribution in [0.2, 0.25) is 0 Å². The minimum absolute atomic E-state index is 0.0470. The number of H-pyrrole nitrogens is 1. The summed E-state index contributed by atoms with van der Waals surface area (Å²) in [7, 11) is 1.64. The Bertz CT molecular complexity index is 1160. The van der Waals surface area contributed by atoms with Crippen LogP contribution in [0.1, 0.15) is 53.2 Å². The zero-order valence-electron chi connectivity index (χ0n) is 19.3. The third-order valence-electron chi connectivity index (χ3n) is 7.28. The zero-order valence-corrected chi connectivity index (χ0v) is 19.3. The highest BCUT2D eigenvalue weighted by Crippen LogP contribution is 2.45. The number of likely N-dealkylation sites (tertiary alicyclic amines) is 1. The Morgan fingerprint density at radius 1 is 1.06 bits per heavy atom. The molecular weight excluding hydrogens is 414 g/mol. The van der Waals surface area contributed by atoms with E-state index in [0.717, 1.165) is 48.0 Å². The van der Waals surface area contributed by atoms with Gasteiger partial charge in [-0.15, -0.1) is 0 Å². The summed E-state index contributed by atoms with van der Waals surface area (Å²) in [5, 5.41) is 1.04. The number of rotatable bonds is 5. The first-order valence-corrected chi connectivity index (χ1v) is 11.8. The maximum absolute atomic E-state index is 14.1. The van der Waals surface area contributed by atoms with Crippen molar-refractivity contribution >= 4 is 22.7 Å². The number of aromatic amines is 1. The lowest BCUT2D eigenvalue weighted by atomic mass is 9.78. The summed E-state index contributed by atoms with van der Waals surface area (Å²) in [4.78, 5) is 35.0. The molecule has 2 aliphatic rings. The fourth-order valence-electron chi connectivity index (χ4n) is 5.40. The Morgan fingerprint density at radius 2 is 1.79 bits per heavy atom. The molecular formula is C27H31N3O3. The van der Waals surface area contributed by atoms with E-state index < -0.39 is 12.0 Å². The van der Waals surface area contributed by atoms with Gasteiger partial charge in [-0.25, -0.2) is 0 Å². The van der Waals surface area contributed by atoms with Gasteiger partial charge in [0.1, 0.15) is 0 Å². The lowest BCUT2D eigenvalue weighted by molar-refractivity contribution is -0.136. The van der Waals surface area contributed by atoms with E-state index in [1.54, 1.807) is 7.11 Å². The van der Waals surface area contributed by atoms with E-state index in [0.29, 0.717) is 24.6 Å². The number of piperidine rings is 1. The molecule has 2 aromatic carbocycles. The molecule has 1 saturated heterocycles. The fourth-order valence-corrected chi connectivity index (χ4v) is 5.40. The first kappa shape index (κ1) is 21.7. The topological polar surface area (TPSA) is 65.6 Å². The number of hydrogen-bond acceptors (Lipinski definition) is 3. The normalized spacial score (nSPS) is 21.5. The molecule has 3 heterocycles. The van der Waals surface area contributed by atoms with Crippen LogP contribution in [-0.2, 0) is 9.53 Å². The van der Waals surface area contributed by atoms with E-state index in [9.17, 15) is 9.59 Å². The predicted molar refractivity (Wildman–Crippen MR) is 128 cm³/mol. The molecule has 0 saturated carbocycles. The number of fused-ring (bicyclic) bond motifs is 2. The highest BCUT2D eigenvalue weighted by Gasteiger charge is 2.46. The molecule has 0 bridgehead atoms. The number of methoxy groups -OCH3 is 1. The first-order chi connectivity index (χ1) is 16.1. The Hall–Kier alpha value is -3.12. The van der Waals surface area contributed by atoms with Crippen LogP contribution in [0.3, 0.4) is 0 Å². The van der Waals surface area contributed by atoms with Crippen LogP contribution in [0.15, 0.2) is 54.7 Å². The summed E-state index contributed by atoms with van der Waals surface area (Å²) in [5.41, 5.74) is 3.43. The average molecular weight is 446 g/mol. The SMILES string of the molecule is COCCN1C(=O)c2ccccc2C(C(=O)N2CCC(C)CC2)C1c1c[nH]c2ccccc12. The molecule has 2 atom stereocenters. The van der Waals surface area contributed by atoms with Gasteiger partial charge in [0.2, 0.25) is 5.91 Å². The van der Waals surface area contributed by atoms with Gasteiger partial charge in [0.15, 0.2) is 0 Å². The molecule has 5 rings (SSSR count). The third-order valence-corrected chi connectivity index (χ3v) is 7.28. The Balaban J connectivity index is 1.66. The molecule has 0 spiro atoms. The molecule has 1 N–H and O–H groups in total. The number of hydrogen-bond donors (Lipinski definition) is 1. The van der Waals surface area contributed by atoms with Crippen molar-refractivity contribution in [3.63, 3.8) is 0 Å². The van der Waals surface area contributed by atoms with E-state index >= 15 is 0 Å². The molecule has 6 nitrogen and oxygen atoms in total. The van der Waals surface area contributed by atoms with Gasteiger partial charge in [-0.05, 0) is 36.5 Å². The van der Waals surface area contributed by atoms with Crippen molar-refractivity contribution in [2.24, 2.45) is 5.92 Å². The number of amides is 2. The molecule has 3 aromatic rings. The van der Waals surface area contributed by atoms with Crippen LogP contribution in [0, 0.1) is 5.92 Å². The molecule has 2 aliphatic heterocycles. The standard InChI is InChI=1S/C27H31N3O3/c1-18-11-13-29(14-12-18)27(32)24-20-8-3-4-9-21(20)26(31)30(15-16-33-2)25(24)22-17-28-23-10-6-5-7-19(22)23/h3-10,17-18,24-25,28H,11-16H2,1-2H3. The second-order valence-electron chi connectivity index (χ2n) is 9.30. The van der Waals surface area contributed by atoms with Crippen LogP contribution in [0.25, 0.3) is 10.9 Å². The lowest BCUT2D eigenvalue weighted by Crippen LogP contribution is -2.50. The highest BCUT2D eigenvalue weighted by atomic mass is 16.5. The van der Waals surface area contributed by atoms with Gasteiger partial charge in [-0.1, -0.05) is 43.3 Å². The number of benzene rings is 2. The monoisotopic (exact) mass is 445 g/mol. The van der Waals surface area contributed by atoms with Crippen LogP contribution in [0.5, 0.6) is 0 Å². The number of nitrogens with one attached hydrogen (secondary N) is 1. The van der Waals surface area contributed by atoms with Crippen LogP contribution < -0.4 is 0 Å². The molecule has 172 valence electrons. The summed E-state index contributed by atoms with van der Waals surface area (Å²) in [6.07, 6.45) is 4.00. The summed E-state index contributed by atoms with van der Waals surface area (Å²) in [6.45, 7) is 4.62. The second kappa shape index (κ2) is 9.02. The van der Waals surface area contributed by atoms with Crippen molar-refractivity contribution in [2.75, 3.05) is 33.4 Å². The molecule has 1 aromatic heterocycles. The molecule has 0 aliphatic carbocycles. The molecule has 6 heteroatoms. The van der Waals surface area contributed by atoms with Crippen molar-refractivity contribution in [3.05, 3.63) is 71.4 Å². The molecule has 2 amide bonds. The average Bonchev–Trinajstić information content (AvgIpc) is 3.27. The Kier molecular flexibility index (Phi) is 5.94. The van der Waals surface area contributed by atoms with Gasteiger partial charge in [-0.2, -0.15) is 0 Å². The van der Waals surface area contributed by atoms with Crippen LogP contribution in [0.4, 0.5) is 0 Å². The summed E-state index contributed by atoms with van der Waals surface area (Å²) in [5.74, 6) is 0.244. The number of aromatic nitrogens is 1. The quantitative estimate of drug-likeness (QED) is 0.635. The van der Waals surface area contributed by atoms with Gasteiger partial charge in [0.05, 0.1) is 18.6 Å². The van der Waals surface area contributed by atoms with Crippen molar-refractivity contribution < 1.29 is 14.3 Å². The van der Waals surface area contributed by atoms with Crippen LogP contribution >= 0.6 is 0 Å². The van der Waals surface area contributed by atoms with Crippen molar-refractivity contribution in [1.29, 1.82) is 0 Å². The minimum Gasteiger partial charge on any atom is -0.383 e. The number of nitrogens with zero attached hydrogens (tertiary/aromatic N) is 2. The summed E-state index contributed by atoms with van der Waals surface area (Å²) < 4.78 is 5.36. The maximum Gasteiger partial charge on any atom is 0.254 e. The zero-order chi connectivity index (χ0) is 22.9. The smallest absolute Gasteiger partial charge is 0.254 e. The molecule has 2 unspecified atom stereocenters. The van der Waals surface area contributed by atoms with Gasteiger partial charge in [0.25, 0.3) is 5.91 Å². The lowest BCUT2D eigenvalue weighted by Gasteiger charge is -2.44. The first-order valence-electron chi connectivity index (χ1n) is 11.8. The van der Waals surface area contributed by atoms with Crippen molar-refractivity contribution in [2.45, 2.75) is 31.7 Å². The maximum atomic E-state index is 14.1. The number of ether oxygens (including phenoxy) is 1.